The lowest BCUT2D eigenvalue weighted by Gasteiger charge is -2.22. The number of nitrogens with two attached hydrogens (primary N) is 1. The molecular formula is C28H48FNO. The van der Waals surface area contributed by atoms with Crippen molar-refractivity contribution in [2.45, 2.75) is 111 Å². The Balaban J connectivity index is 0.000000449. The van der Waals surface area contributed by atoms with E-state index in [-0.39, 0.29) is 5.82 Å². The first kappa shape index (κ1) is 29.4. The van der Waals surface area contributed by atoms with Gasteiger partial charge < -0.3 is 5.73 Å². The zero-order valence-corrected chi connectivity index (χ0v) is 20.9. The number of ketones is 1. The Hall–Kier alpha value is -1.64. The van der Waals surface area contributed by atoms with Gasteiger partial charge >= 0.3 is 0 Å². The van der Waals surface area contributed by atoms with Crippen LogP contribution in [0.3, 0.4) is 0 Å². The maximum absolute atomic E-state index is 13.2. The highest BCUT2D eigenvalue weighted by atomic mass is 19.1. The Morgan fingerprint density at radius 2 is 1.61 bits per heavy atom. The molecule has 2 nitrogen and oxygen atoms in total. The van der Waals surface area contributed by atoms with E-state index in [0.717, 1.165) is 24.3 Å². The molecule has 0 aromatic heterocycles. The normalized spacial score (nSPS) is 15.5. The Kier molecular flexibility index (Phi) is 17.0. The number of carbonyl (C=O) groups is 1. The second-order valence-corrected chi connectivity index (χ2v) is 9.20. The summed E-state index contributed by atoms with van der Waals surface area (Å²) < 4.78 is 13.2. The van der Waals surface area contributed by atoms with Gasteiger partial charge in [-0.3, -0.25) is 4.79 Å². The molecule has 2 aliphatic rings. The van der Waals surface area contributed by atoms with Gasteiger partial charge in [-0.15, -0.1) is 0 Å². The number of carbonyl (C=O) groups excluding carboxylic acids is 1. The van der Waals surface area contributed by atoms with E-state index >= 15 is 0 Å². The minimum absolute atomic E-state index is 0.0782. The lowest BCUT2D eigenvalue weighted by atomic mass is 9.84. The standard InChI is InChI=1S/C13H17F.C8H18.C5H8O.C2H5N/c1-10-7-12(9-13(14)8-10)11-5-3-2-4-6-11;1-4-6-8(3)7-5-2;1-4(6)5-2-3-5;1-2-3/h7-9,11H,2-6H2,1H3;8H,4-7H2,1-3H3;5H,2-3H2,1H3;2H,1,3H2. The number of aryl methyl sites for hydroxylation is 1. The van der Waals surface area contributed by atoms with Gasteiger partial charge in [-0.05, 0) is 80.8 Å². The highest BCUT2D eigenvalue weighted by Crippen LogP contribution is 2.33. The van der Waals surface area contributed by atoms with Gasteiger partial charge in [-0.1, -0.05) is 78.4 Å². The van der Waals surface area contributed by atoms with Crippen LogP contribution in [0.25, 0.3) is 0 Å². The molecule has 0 atom stereocenters. The summed E-state index contributed by atoms with van der Waals surface area (Å²) in [5, 5.41) is 0. The van der Waals surface area contributed by atoms with Crippen molar-refractivity contribution < 1.29 is 9.18 Å². The fourth-order valence-electron chi connectivity index (χ4n) is 4.06. The monoisotopic (exact) mass is 433 g/mol. The van der Waals surface area contributed by atoms with Crippen LogP contribution in [0, 0.1) is 24.6 Å². The molecular weight excluding hydrogens is 385 g/mol. The third-order valence-electron chi connectivity index (χ3n) is 5.86. The number of Topliss-reactive ketones (excluding diaryl/α,β-unsaturated/α-hetero) is 1. The number of hydrogen-bond donors (Lipinski definition) is 1. The van der Waals surface area contributed by atoms with E-state index in [0.29, 0.717) is 17.6 Å². The van der Waals surface area contributed by atoms with E-state index in [1.807, 2.05) is 6.92 Å². The zero-order chi connectivity index (χ0) is 23.6. The van der Waals surface area contributed by atoms with E-state index in [1.54, 1.807) is 19.1 Å². The molecule has 178 valence electrons. The molecule has 2 N–H and O–H groups in total. The molecule has 1 aromatic rings. The van der Waals surface area contributed by atoms with E-state index in [1.165, 1.54) is 69.6 Å². The second kappa shape index (κ2) is 18.0. The minimum atomic E-state index is -0.0782. The van der Waals surface area contributed by atoms with Crippen LogP contribution in [-0.4, -0.2) is 5.78 Å². The third-order valence-corrected chi connectivity index (χ3v) is 5.86. The highest BCUT2D eigenvalue weighted by Gasteiger charge is 2.25. The summed E-state index contributed by atoms with van der Waals surface area (Å²) in [5.74, 6) is 2.33. The molecule has 2 fully saturated rings. The number of benzene rings is 1. The summed E-state index contributed by atoms with van der Waals surface area (Å²) in [6.07, 6.45) is 15.5. The van der Waals surface area contributed by atoms with Crippen molar-refractivity contribution in [1.82, 2.24) is 0 Å². The van der Waals surface area contributed by atoms with Gasteiger partial charge in [0.05, 0.1) is 0 Å². The second-order valence-electron chi connectivity index (χ2n) is 9.20. The summed E-state index contributed by atoms with van der Waals surface area (Å²) >= 11 is 0. The first-order valence-corrected chi connectivity index (χ1v) is 12.4. The third kappa shape index (κ3) is 15.8. The summed E-state index contributed by atoms with van der Waals surface area (Å²) in [6.45, 7) is 13.6. The largest absolute Gasteiger partial charge is 0.405 e. The van der Waals surface area contributed by atoms with Crippen LogP contribution in [0.4, 0.5) is 4.39 Å². The molecule has 31 heavy (non-hydrogen) atoms. The Labute approximate surface area is 191 Å². The van der Waals surface area contributed by atoms with Gasteiger partial charge in [0, 0.05) is 5.92 Å². The molecule has 3 heteroatoms. The molecule has 0 amide bonds. The smallest absolute Gasteiger partial charge is 0.132 e. The van der Waals surface area contributed by atoms with E-state index in [2.05, 4.69) is 39.2 Å². The summed E-state index contributed by atoms with van der Waals surface area (Å²) in [7, 11) is 0. The molecule has 0 aliphatic heterocycles. The van der Waals surface area contributed by atoms with Gasteiger partial charge in [-0.2, -0.15) is 0 Å². The van der Waals surface area contributed by atoms with Crippen LogP contribution >= 0.6 is 0 Å². The average molecular weight is 434 g/mol. The van der Waals surface area contributed by atoms with Crippen LogP contribution in [0.5, 0.6) is 0 Å². The fraction of sp³-hybridized carbons (Fsp3) is 0.679. The molecule has 0 heterocycles. The van der Waals surface area contributed by atoms with Crippen molar-refractivity contribution in [3.8, 4) is 0 Å². The first-order valence-electron chi connectivity index (χ1n) is 12.4. The molecule has 2 saturated carbocycles. The Bertz CT molecular complexity index is 577. The van der Waals surface area contributed by atoms with Crippen LogP contribution < -0.4 is 5.73 Å². The van der Waals surface area contributed by atoms with E-state index in [4.69, 9.17) is 0 Å². The lowest BCUT2D eigenvalue weighted by molar-refractivity contribution is -0.118. The van der Waals surface area contributed by atoms with E-state index < -0.39 is 0 Å². The van der Waals surface area contributed by atoms with Gasteiger partial charge in [0.15, 0.2) is 0 Å². The Morgan fingerprint density at radius 1 is 1.10 bits per heavy atom. The molecule has 3 rings (SSSR count). The molecule has 0 radical (unpaired) electrons. The summed E-state index contributed by atoms with van der Waals surface area (Å²) in [5.41, 5.74) is 6.87. The van der Waals surface area contributed by atoms with Crippen molar-refractivity contribution >= 4 is 5.78 Å². The molecule has 1 aromatic carbocycles. The number of halogens is 1. The van der Waals surface area contributed by atoms with Crippen molar-refractivity contribution in [3.05, 3.63) is 47.9 Å². The molecule has 0 spiro atoms. The van der Waals surface area contributed by atoms with E-state index in [9.17, 15) is 9.18 Å². The fourth-order valence-corrected chi connectivity index (χ4v) is 4.06. The van der Waals surface area contributed by atoms with Crippen molar-refractivity contribution in [3.63, 3.8) is 0 Å². The van der Waals surface area contributed by atoms with Crippen molar-refractivity contribution in [2.24, 2.45) is 17.6 Å². The van der Waals surface area contributed by atoms with Crippen LogP contribution in [0.15, 0.2) is 31.0 Å². The van der Waals surface area contributed by atoms with Gasteiger partial charge in [0.2, 0.25) is 0 Å². The first-order chi connectivity index (χ1) is 14.8. The molecule has 0 bridgehead atoms. The van der Waals surface area contributed by atoms with Gasteiger partial charge in [-0.25, -0.2) is 4.39 Å². The predicted molar refractivity (Wildman–Crippen MR) is 134 cm³/mol. The van der Waals surface area contributed by atoms with Gasteiger partial charge in [0.25, 0.3) is 0 Å². The topological polar surface area (TPSA) is 43.1 Å². The van der Waals surface area contributed by atoms with Crippen LogP contribution in [0.1, 0.15) is 115 Å². The zero-order valence-electron chi connectivity index (χ0n) is 20.9. The SMILES string of the molecule is C=CN.CC(=O)C1CC1.CCCC(C)CCC.Cc1cc(F)cc(C2CCCCC2)c1. The molecule has 0 saturated heterocycles. The summed E-state index contributed by atoms with van der Waals surface area (Å²) in [6, 6.07) is 5.45. The van der Waals surface area contributed by atoms with Crippen molar-refractivity contribution in [2.75, 3.05) is 0 Å². The van der Waals surface area contributed by atoms with Gasteiger partial charge in [0.1, 0.15) is 11.6 Å². The lowest BCUT2D eigenvalue weighted by Crippen LogP contribution is -2.05. The Morgan fingerprint density at radius 3 is 1.97 bits per heavy atom. The number of hydrogen-bond acceptors (Lipinski definition) is 2. The maximum Gasteiger partial charge on any atom is 0.132 e. The van der Waals surface area contributed by atoms with Crippen LogP contribution in [-0.2, 0) is 4.79 Å². The average Bonchev–Trinajstić information content (AvgIpc) is 3.56. The quantitative estimate of drug-likeness (QED) is 0.489. The maximum atomic E-state index is 13.2. The molecule has 0 unspecified atom stereocenters. The number of rotatable bonds is 6. The minimum Gasteiger partial charge on any atom is -0.405 e. The highest BCUT2D eigenvalue weighted by molar-refractivity contribution is 5.80. The summed E-state index contributed by atoms with van der Waals surface area (Å²) in [4.78, 5) is 10.2. The molecule has 2 aliphatic carbocycles. The van der Waals surface area contributed by atoms with Crippen molar-refractivity contribution in [1.29, 1.82) is 0 Å². The van der Waals surface area contributed by atoms with Crippen LogP contribution in [0.2, 0.25) is 0 Å². The predicted octanol–water partition coefficient (Wildman–Crippen LogP) is 8.48.